The van der Waals surface area contributed by atoms with Crippen LogP contribution in [0.3, 0.4) is 0 Å². The Hall–Kier alpha value is -3.65. The quantitative estimate of drug-likeness (QED) is 0.315. The van der Waals surface area contributed by atoms with Crippen LogP contribution in [-0.2, 0) is 26.2 Å². The van der Waals surface area contributed by atoms with Gasteiger partial charge in [0.15, 0.2) is 0 Å². The van der Waals surface area contributed by atoms with Gasteiger partial charge in [0.2, 0.25) is 11.8 Å². The molecule has 8 heteroatoms. The average molecular weight is 564 g/mol. The van der Waals surface area contributed by atoms with E-state index in [-0.39, 0.29) is 29.2 Å². The number of sulfonamides is 1. The zero-order chi connectivity index (χ0) is 29.4. The third-order valence-corrected chi connectivity index (χ3v) is 8.57. The number of nitrogens with one attached hydrogen (secondary N) is 1. The van der Waals surface area contributed by atoms with Crippen molar-refractivity contribution in [3.05, 3.63) is 95.6 Å². The maximum atomic E-state index is 14.0. The Kier molecular flexibility index (Phi) is 10.5. The fraction of sp³-hybridized carbons (Fsp3) is 0.375. The summed E-state index contributed by atoms with van der Waals surface area (Å²) in [5.74, 6) is -0.241. The third-order valence-electron chi connectivity index (χ3n) is 6.78. The fourth-order valence-electron chi connectivity index (χ4n) is 4.21. The molecule has 0 aromatic heterocycles. The maximum absolute atomic E-state index is 14.0. The number of hydrogen-bond acceptors (Lipinski definition) is 4. The van der Waals surface area contributed by atoms with E-state index in [1.807, 2.05) is 63.2 Å². The molecule has 1 atom stereocenters. The molecule has 3 aromatic rings. The highest BCUT2D eigenvalue weighted by Gasteiger charge is 2.32. The van der Waals surface area contributed by atoms with Gasteiger partial charge in [0, 0.05) is 13.1 Å². The second-order valence-corrected chi connectivity index (χ2v) is 12.8. The highest BCUT2D eigenvalue weighted by molar-refractivity contribution is 7.92. The van der Waals surface area contributed by atoms with Gasteiger partial charge in [0.25, 0.3) is 10.0 Å². The molecule has 2 amide bonds. The molecule has 3 aromatic carbocycles. The average Bonchev–Trinajstić information content (AvgIpc) is 2.93. The lowest BCUT2D eigenvalue weighted by atomic mass is 10.0. The molecular weight excluding hydrogens is 522 g/mol. The van der Waals surface area contributed by atoms with E-state index in [0.29, 0.717) is 12.2 Å². The molecule has 0 heterocycles. The Balaban J connectivity index is 2.01. The van der Waals surface area contributed by atoms with E-state index in [4.69, 9.17) is 0 Å². The first-order valence-electron chi connectivity index (χ1n) is 13.7. The third kappa shape index (κ3) is 7.94. The second kappa shape index (κ2) is 13.6. The van der Waals surface area contributed by atoms with Crippen LogP contribution in [0.15, 0.2) is 83.8 Å². The van der Waals surface area contributed by atoms with Crippen molar-refractivity contribution in [2.45, 2.75) is 64.9 Å². The molecule has 0 saturated heterocycles. The van der Waals surface area contributed by atoms with Crippen molar-refractivity contribution >= 4 is 27.5 Å². The summed E-state index contributed by atoms with van der Waals surface area (Å²) in [6, 6.07) is 22.4. The molecule has 0 unspecified atom stereocenters. The topological polar surface area (TPSA) is 86.8 Å². The van der Waals surface area contributed by atoms with Gasteiger partial charge in [0.05, 0.1) is 10.6 Å². The molecule has 214 valence electrons. The van der Waals surface area contributed by atoms with E-state index in [9.17, 15) is 18.0 Å². The summed E-state index contributed by atoms with van der Waals surface area (Å²) < 4.78 is 29.0. The number of amides is 2. The van der Waals surface area contributed by atoms with Crippen LogP contribution in [0.4, 0.5) is 5.69 Å². The molecule has 0 bridgehead atoms. The molecule has 0 spiro atoms. The molecular formula is C32H41N3O4S. The lowest BCUT2D eigenvalue weighted by Gasteiger charge is -2.32. The minimum atomic E-state index is -4.09. The number of aryl methyl sites for hydroxylation is 1. The zero-order valence-electron chi connectivity index (χ0n) is 24.3. The number of hydrogen-bond donors (Lipinski definition) is 1. The smallest absolute Gasteiger partial charge is 0.264 e. The molecule has 0 radical (unpaired) electrons. The van der Waals surface area contributed by atoms with Crippen molar-refractivity contribution in [2.75, 3.05) is 17.4 Å². The van der Waals surface area contributed by atoms with Gasteiger partial charge in [-0.25, -0.2) is 8.42 Å². The Morgan fingerprint density at radius 2 is 1.43 bits per heavy atom. The van der Waals surface area contributed by atoms with E-state index in [2.05, 4.69) is 19.2 Å². The Labute approximate surface area is 239 Å². The number of carbonyl (C=O) groups is 2. The summed E-state index contributed by atoms with van der Waals surface area (Å²) >= 11 is 0. The summed E-state index contributed by atoms with van der Waals surface area (Å²) in [4.78, 5) is 28.6. The van der Waals surface area contributed by atoms with Gasteiger partial charge in [-0.05, 0) is 61.1 Å². The van der Waals surface area contributed by atoms with Crippen molar-refractivity contribution < 1.29 is 18.0 Å². The molecule has 0 aliphatic rings. The fourth-order valence-corrected chi connectivity index (χ4v) is 5.62. The minimum Gasteiger partial charge on any atom is -0.354 e. The Morgan fingerprint density at radius 1 is 0.825 bits per heavy atom. The van der Waals surface area contributed by atoms with Crippen molar-refractivity contribution in [1.82, 2.24) is 10.2 Å². The van der Waals surface area contributed by atoms with E-state index in [1.165, 1.54) is 4.90 Å². The van der Waals surface area contributed by atoms with Crippen LogP contribution in [0.5, 0.6) is 0 Å². The Bertz CT molecular complexity index is 1370. The minimum absolute atomic E-state index is 0.0937. The van der Waals surface area contributed by atoms with Crippen LogP contribution in [0, 0.1) is 12.8 Å². The monoisotopic (exact) mass is 563 g/mol. The van der Waals surface area contributed by atoms with E-state index < -0.39 is 28.5 Å². The van der Waals surface area contributed by atoms with Crippen molar-refractivity contribution in [1.29, 1.82) is 0 Å². The van der Waals surface area contributed by atoms with Gasteiger partial charge in [-0.15, -0.1) is 0 Å². The predicted octanol–water partition coefficient (Wildman–Crippen LogP) is 5.50. The van der Waals surface area contributed by atoms with Crippen LogP contribution in [0.1, 0.15) is 57.2 Å². The second-order valence-electron chi connectivity index (χ2n) is 10.9. The first-order valence-corrected chi connectivity index (χ1v) is 15.1. The van der Waals surface area contributed by atoms with Crippen molar-refractivity contribution in [2.24, 2.45) is 5.92 Å². The van der Waals surface area contributed by atoms with Gasteiger partial charge in [-0.3, -0.25) is 13.9 Å². The molecule has 0 aliphatic heterocycles. The van der Waals surface area contributed by atoms with Crippen LogP contribution >= 0.6 is 0 Å². The summed E-state index contributed by atoms with van der Waals surface area (Å²) in [6.45, 7) is 11.9. The van der Waals surface area contributed by atoms with Gasteiger partial charge in [-0.1, -0.05) is 87.9 Å². The summed E-state index contributed by atoms with van der Waals surface area (Å²) in [6.07, 6.45) is 0. The zero-order valence-corrected chi connectivity index (χ0v) is 25.1. The summed E-state index contributed by atoms with van der Waals surface area (Å²) in [5.41, 5.74) is 3.21. The molecule has 0 fully saturated rings. The molecule has 0 saturated carbocycles. The number of anilines is 1. The predicted molar refractivity (Wildman–Crippen MR) is 161 cm³/mol. The van der Waals surface area contributed by atoms with Crippen LogP contribution < -0.4 is 9.62 Å². The molecule has 1 N–H and O–H groups in total. The molecule has 0 aliphatic carbocycles. The summed E-state index contributed by atoms with van der Waals surface area (Å²) in [5, 5.41) is 2.90. The lowest BCUT2D eigenvalue weighted by molar-refractivity contribution is -0.139. The summed E-state index contributed by atoms with van der Waals surface area (Å²) in [7, 11) is -4.09. The molecule has 7 nitrogen and oxygen atoms in total. The van der Waals surface area contributed by atoms with Gasteiger partial charge >= 0.3 is 0 Å². The van der Waals surface area contributed by atoms with Gasteiger partial charge in [-0.2, -0.15) is 0 Å². The number of nitrogens with zero attached hydrogens (tertiary/aromatic N) is 2. The van der Waals surface area contributed by atoms with Crippen molar-refractivity contribution in [3.8, 4) is 0 Å². The highest BCUT2D eigenvalue weighted by atomic mass is 32.2. The first kappa shape index (κ1) is 30.9. The SMILES string of the molecule is Cc1ccc(S(=O)(=O)N(CC(=O)N(Cc2ccccc2)[C@H](C)C(=O)NCC(C)C)c2ccc(C(C)C)cc2)cc1. The largest absolute Gasteiger partial charge is 0.354 e. The lowest BCUT2D eigenvalue weighted by Crippen LogP contribution is -2.51. The number of benzene rings is 3. The van der Waals surface area contributed by atoms with Crippen LogP contribution in [-0.4, -0.2) is 44.3 Å². The maximum Gasteiger partial charge on any atom is 0.264 e. The van der Waals surface area contributed by atoms with Gasteiger partial charge in [0.1, 0.15) is 12.6 Å². The molecule has 3 rings (SSSR count). The van der Waals surface area contributed by atoms with Crippen LogP contribution in [0.25, 0.3) is 0 Å². The highest BCUT2D eigenvalue weighted by Crippen LogP contribution is 2.27. The molecule has 40 heavy (non-hydrogen) atoms. The van der Waals surface area contributed by atoms with Gasteiger partial charge < -0.3 is 10.2 Å². The number of carbonyl (C=O) groups excluding carboxylic acids is 2. The van der Waals surface area contributed by atoms with E-state index >= 15 is 0 Å². The van der Waals surface area contributed by atoms with Crippen molar-refractivity contribution in [3.63, 3.8) is 0 Å². The van der Waals surface area contributed by atoms with E-state index in [0.717, 1.165) is 21.0 Å². The Morgan fingerprint density at radius 3 is 1.98 bits per heavy atom. The standard InChI is InChI=1S/C32H41N3O4S/c1-23(2)20-33-32(37)26(6)34(21-27-10-8-7-9-11-27)31(36)22-35(29-16-14-28(15-17-29)24(3)4)40(38,39)30-18-12-25(5)13-19-30/h7-19,23-24,26H,20-22H2,1-6H3,(H,33,37)/t26-/m1/s1. The first-order chi connectivity index (χ1) is 18.9. The van der Waals surface area contributed by atoms with E-state index in [1.54, 1.807) is 43.3 Å². The normalized spacial score (nSPS) is 12.3. The van der Waals surface area contributed by atoms with Crippen LogP contribution in [0.2, 0.25) is 0 Å². The number of rotatable bonds is 12.